The molecular formula is C14H17NO4. The predicted octanol–water partition coefficient (Wildman–Crippen LogP) is 1.70. The first-order chi connectivity index (χ1) is 8.99. The number of amides is 1. The van der Waals surface area contributed by atoms with Crippen molar-refractivity contribution >= 4 is 17.6 Å². The fourth-order valence-corrected chi connectivity index (χ4v) is 2.11. The zero-order chi connectivity index (χ0) is 14.0. The maximum absolute atomic E-state index is 12.0. The quantitative estimate of drug-likeness (QED) is 0.897. The average molecular weight is 263 g/mol. The van der Waals surface area contributed by atoms with E-state index in [2.05, 4.69) is 0 Å². The van der Waals surface area contributed by atoms with Gasteiger partial charge in [0.15, 0.2) is 0 Å². The third kappa shape index (κ3) is 2.93. The predicted molar refractivity (Wildman–Crippen MR) is 70.5 cm³/mol. The van der Waals surface area contributed by atoms with E-state index >= 15 is 0 Å². The molecule has 0 radical (unpaired) electrons. The van der Waals surface area contributed by atoms with Crippen molar-refractivity contribution in [3.05, 3.63) is 29.3 Å². The van der Waals surface area contributed by atoms with Crippen LogP contribution in [0.3, 0.4) is 0 Å². The molecule has 102 valence electrons. The van der Waals surface area contributed by atoms with Crippen LogP contribution in [0, 0.1) is 0 Å². The second-order valence-corrected chi connectivity index (χ2v) is 4.80. The number of fused-ring (bicyclic) bond motifs is 1. The fourth-order valence-electron chi connectivity index (χ4n) is 2.11. The van der Waals surface area contributed by atoms with Crippen LogP contribution in [0.25, 0.3) is 0 Å². The second-order valence-electron chi connectivity index (χ2n) is 4.80. The molecule has 2 rings (SSSR count). The number of ether oxygens (including phenoxy) is 1. The molecule has 0 saturated heterocycles. The summed E-state index contributed by atoms with van der Waals surface area (Å²) in [7, 11) is 0. The lowest BCUT2D eigenvalue weighted by Crippen LogP contribution is -2.33. The Morgan fingerprint density at radius 2 is 2.16 bits per heavy atom. The zero-order valence-corrected chi connectivity index (χ0v) is 11.0. The molecule has 0 aliphatic carbocycles. The normalized spacial score (nSPS) is 13.7. The highest BCUT2D eigenvalue weighted by atomic mass is 16.5. The van der Waals surface area contributed by atoms with Crippen LogP contribution in [-0.2, 0) is 16.0 Å². The molecule has 0 saturated carbocycles. The maximum Gasteiger partial charge on any atom is 0.335 e. The first-order valence-corrected chi connectivity index (χ1v) is 6.27. The van der Waals surface area contributed by atoms with E-state index in [0.29, 0.717) is 13.0 Å². The van der Waals surface area contributed by atoms with Crippen LogP contribution in [-0.4, -0.2) is 36.2 Å². The van der Waals surface area contributed by atoms with Gasteiger partial charge in [-0.15, -0.1) is 0 Å². The Labute approximate surface area is 111 Å². The molecule has 1 heterocycles. The van der Waals surface area contributed by atoms with Crippen LogP contribution in [0.15, 0.2) is 18.2 Å². The largest absolute Gasteiger partial charge is 0.478 e. The van der Waals surface area contributed by atoms with E-state index in [-0.39, 0.29) is 24.2 Å². The van der Waals surface area contributed by atoms with E-state index in [1.54, 1.807) is 17.0 Å². The molecule has 1 aliphatic rings. The number of carbonyl (C=O) groups is 2. The summed E-state index contributed by atoms with van der Waals surface area (Å²) >= 11 is 0. The monoisotopic (exact) mass is 263 g/mol. The minimum Gasteiger partial charge on any atom is -0.478 e. The van der Waals surface area contributed by atoms with Gasteiger partial charge in [-0.25, -0.2) is 4.79 Å². The molecular weight excluding hydrogens is 246 g/mol. The first kappa shape index (κ1) is 13.5. The van der Waals surface area contributed by atoms with Crippen LogP contribution in [0.1, 0.15) is 29.8 Å². The Morgan fingerprint density at radius 3 is 2.79 bits per heavy atom. The van der Waals surface area contributed by atoms with Crippen LogP contribution in [0.2, 0.25) is 0 Å². The van der Waals surface area contributed by atoms with Gasteiger partial charge in [0.2, 0.25) is 0 Å². The highest BCUT2D eigenvalue weighted by Crippen LogP contribution is 2.29. The van der Waals surface area contributed by atoms with Gasteiger partial charge in [-0.2, -0.15) is 0 Å². The van der Waals surface area contributed by atoms with Crippen molar-refractivity contribution in [1.82, 2.24) is 0 Å². The molecule has 0 bridgehead atoms. The van der Waals surface area contributed by atoms with Crippen LogP contribution >= 0.6 is 0 Å². The number of rotatable bonds is 4. The summed E-state index contributed by atoms with van der Waals surface area (Å²) in [5, 5.41) is 8.94. The van der Waals surface area contributed by atoms with Gasteiger partial charge in [0.1, 0.15) is 6.61 Å². The minimum atomic E-state index is -0.948. The maximum atomic E-state index is 12.0. The zero-order valence-electron chi connectivity index (χ0n) is 11.0. The molecule has 5 nitrogen and oxygen atoms in total. The molecule has 5 heteroatoms. The summed E-state index contributed by atoms with van der Waals surface area (Å²) in [6, 6.07) is 4.85. The van der Waals surface area contributed by atoms with E-state index in [0.717, 1.165) is 11.3 Å². The van der Waals surface area contributed by atoms with E-state index < -0.39 is 5.97 Å². The summed E-state index contributed by atoms with van der Waals surface area (Å²) in [5.41, 5.74) is 1.95. The third-order valence-electron chi connectivity index (χ3n) is 3.06. The van der Waals surface area contributed by atoms with Crippen molar-refractivity contribution in [1.29, 1.82) is 0 Å². The first-order valence-electron chi connectivity index (χ1n) is 6.27. The lowest BCUT2D eigenvalue weighted by molar-refractivity contribution is -0.124. The van der Waals surface area contributed by atoms with Crippen LogP contribution < -0.4 is 4.90 Å². The van der Waals surface area contributed by atoms with Crippen LogP contribution in [0.4, 0.5) is 5.69 Å². The summed E-state index contributed by atoms with van der Waals surface area (Å²) < 4.78 is 5.31. The van der Waals surface area contributed by atoms with E-state index in [4.69, 9.17) is 9.84 Å². The molecule has 0 fully saturated rings. The lowest BCUT2D eigenvalue weighted by Gasteiger charge is -2.18. The molecule has 1 aromatic carbocycles. The topological polar surface area (TPSA) is 66.8 Å². The fraction of sp³-hybridized carbons (Fsp3) is 0.429. The van der Waals surface area contributed by atoms with Crippen molar-refractivity contribution in [2.45, 2.75) is 26.4 Å². The minimum absolute atomic E-state index is 0.0143. The molecule has 0 unspecified atom stereocenters. The Balaban J connectivity index is 2.13. The summed E-state index contributed by atoms with van der Waals surface area (Å²) in [5.74, 6) is -1.04. The van der Waals surface area contributed by atoms with Crippen LogP contribution in [0.5, 0.6) is 0 Å². The Bertz CT molecular complexity index is 510. The second kappa shape index (κ2) is 5.40. The van der Waals surface area contributed by atoms with Crippen molar-refractivity contribution in [3.63, 3.8) is 0 Å². The number of hydrogen-bond acceptors (Lipinski definition) is 3. The van der Waals surface area contributed by atoms with Gasteiger partial charge < -0.3 is 14.7 Å². The number of carboxylic acid groups (broad SMARTS) is 1. The number of anilines is 1. The van der Waals surface area contributed by atoms with E-state index in [1.807, 2.05) is 13.8 Å². The van der Waals surface area contributed by atoms with Gasteiger partial charge in [-0.1, -0.05) is 0 Å². The number of nitrogens with zero attached hydrogens (tertiary/aromatic N) is 1. The molecule has 1 N–H and O–H groups in total. The van der Waals surface area contributed by atoms with E-state index in [1.165, 1.54) is 6.07 Å². The molecule has 0 aromatic heterocycles. The third-order valence-corrected chi connectivity index (χ3v) is 3.06. The van der Waals surface area contributed by atoms with Gasteiger partial charge in [0, 0.05) is 12.2 Å². The Morgan fingerprint density at radius 1 is 1.42 bits per heavy atom. The smallest absolute Gasteiger partial charge is 0.335 e. The van der Waals surface area contributed by atoms with Gasteiger partial charge in [0.05, 0.1) is 11.7 Å². The summed E-state index contributed by atoms with van der Waals surface area (Å²) in [6.45, 7) is 4.39. The molecule has 19 heavy (non-hydrogen) atoms. The number of carboxylic acids is 1. The summed E-state index contributed by atoms with van der Waals surface area (Å²) in [4.78, 5) is 24.6. The Hall–Kier alpha value is -1.88. The van der Waals surface area contributed by atoms with Crippen molar-refractivity contribution in [2.24, 2.45) is 0 Å². The SMILES string of the molecule is CC(C)OCC(=O)N1CCc2cc(C(=O)O)ccc21. The summed E-state index contributed by atoms with van der Waals surface area (Å²) in [6.07, 6.45) is 0.699. The standard InChI is InChI=1S/C14H17NO4/c1-9(2)19-8-13(16)15-6-5-10-7-11(14(17)18)3-4-12(10)15/h3-4,7,9H,5-6,8H2,1-2H3,(H,17,18). The Kier molecular flexibility index (Phi) is 3.85. The number of aromatic carboxylic acids is 1. The number of benzene rings is 1. The van der Waals surface area contributed by atoms with Crippen molar-refractivity contribution in [2.75, 3.05) is 18.1 Å². The molecule has 1 aliphatic heterocycles. The molecule has 1 amide bonds. The molecule has 0 atom stereocenters. The van der Waals surface area contributed by atoms with Crippen molar-refractivity contribution < 1.29 is 19.4 Å². The molecule has 0 spiro atoms. The number of hydrogen-bond donors (Lipinski definition) is 1. The highest BCUT2D eigenvalue weighted by molar-refractivity contribution is 5.97. The van der Waals surface area contributed by atoms with Crippen molar-refractivity contribution in [3.8, 4) is 0 Å². The highest BCUT2D eigenvalue weighted by Gasteiger charge is 2.25. The van der Waals surface area contributed by atoms with Gasteiger partial charge in [0.25, 0.3) is 5.91 Å². The van der Waals surface area contributed by atoms with Gasteiger partial charge in [-0.3, -0.25) is 4.79 Å². The average Bonchev–Trinajstić information content (AvgIpc) is 2.78. The lowest BCUT2D eigenvalue weighted by atomic mass is 10.1. The number of carbonyl (C=O) groups excluding carboxylic acids is 1. The van der Waals surface area contributed by atoms with Gasteiger partial charge >= 0.3 is 5.97 Å². The van der Waals surface area contributed by atoms with Gasteiger partial charge in [-0.05, 0) is 44.0 Å². The van der Waals surface area contributed by atoms with E-state index in [9.17, 15) is 9.59 Å². The molecule has 1 aromatic rings.